The van der Waals surface area contributed by atoms with Crippen molar-refractivity contribution in [3.05, 3.63) is 58.0 Å². The lowest BCUT2D eigenvalue weighted by Gasteiger charge is -2.17. The Kier molecular flexibility index (Phi) is 6.46. The van der Waals surface area contributed by atoms with Crippen LogP contribution in [-0.2, 0) is 9.59 Å². The van der Waals surface area contributed by atoms with E-state index in [-0.39, 0.29) is 5.75 Å². The van der Waals surface area contributed by atoms with Crippen LogP contribution in [0.3, 0.4) is 0 Å². The number of halogens is 1. The second-order valence-electron chi connectivity index (χ2n) is 5.91. The first-order valence-electron chi connectivity index (χ1n) is 8.42. The molecule has 1 N–H and O–H groups in total. The number of aliphatic carboxylic acids is 1. The summed E-state index contributed by atoms with van der Waals surface area (Å²) >= 11 is 7.13. The fourth-order valence-corrected chi connectivity index (χ4v) is 3.57. The molecule has 7 nitrogen and oxygen atoms in total. The van der Waals surface area contributed by atoms with E-state index in [2.05, 4.69) is 4.99 Å². The third-order valence-corrected chi connectivity index (χ3v) is 5.28. The van der Waals surface area contributed by atoms with Crippen LogP contribution in [0.4, 0.5) is 5.69 Å². The van der Waals surface area contributed by atoms with Crippen molar-refractivity contribution in [3.63, 3.8) is 0 Å². The van der Waals surface area contributed by atoms with E-state index in [9.17, 15) is 9.59 Å². The Bertz CT molecular complexity index is 1000. The van der Waals surface area contributed by atoms with Crippen molar-refractivity contribution in [2.24, 2.45) is 4.99 Å². The lowest BCUT2D eigenvalue weighted by Crippen LogP contribution is -2.21. The molecule has 150 valence electrons. The minimum absolute atomic E-state index is 0.248. The number of hydrogen-bond acceptors (Lipinski definition) is 6. The van der Waals surface area contributed by atoms with Gasteiger partial charge in [0, 0.05) is 23.3 Å². The number of para-hydroxylation sites is 1. The van der Waals surface area contributed by atoms with E-state index >= 15 is 0 Å². The number of rotatable bonds is 6. The molecule has 0 atom stereocenters. The van der Waals surface area contributed by atoms with Gasteiger partial charge in [0.2, 0.25) is 0 Å². The van der Waals surface area contributed by atoms with E-state index in [1.165, 1.54) is 18.9 Å². The first-order valence-corrected chi connectivity index (χ1v) is 9.62. The third kappa shape index (κ3) is 4.90. The summed E-state index contributed by atoms with van der Waals surface area (Å²) < 4.78 is 10.6. The molecular formula is C20H17ClN2O5S. The quantitative estimate of drug-likeness (QED) is 0.692. The minimum Gasteiger partial charge on any atom is -0.493 e. The number of carboxylic acids is 1. The third-order valence-electron chi connectivity index (χ3n) is 3.97. The highest BCUT2D eigenvalue weighted by Crippen LogP contribution is 2.37. The predicted molar refractivity (Wildman–Crippen MR) is 114 cm³/mol. The van der Waals surface area contributed by atoms with E-state index < -0.39 is 18.5 Å². The lowest BCUT2D eigenvalue weighted by molar-refractivity contribution is -0.139. The maximum absolute atomic E-state index is 12.4. The van der Waals surface area contributed by atoms with Gasteiger partial charge in [-0.1, -0.05) is 23.7 Å². The van der Waals surface area contributed by atoms with Crippen LogP contribution < -0.4 is 14.4 Å². The molecular weight excluding hydrogens is 416 g/mol. The smallest absolute Gasteiger partial charge is 0.341 e. The number of carboxylic acid groups (broad SMARTS) is 1. The number of amides is 1. The van der Waals surface area contributed by atoms with Crippen molar-refractivity contribution in [2.75, 3.05) is 25.7 Å². The Labute approximate surface area is 176 Å². The second kappa shape index (κ2) is 9.02. The van der Waals surface area contributed by atoms with Gasteiger partial charge in [0.05, 0.1) is 12.0 Å². The summed E-state index contributed by atoms with van der Waals surface area (Å²) in [6.07, 6.45) is 1.61. The van der Waals surface area contributed by atoms with Crippen LogP contribution in [0.5, 0.6) is 11.5 Å². The zero-order valence-corrected chi connectivity index (χ0v) is 17.2. The van der Waals surface area contributed by atoms with Gasteiger partial charge in [-0.05, 0) is 48.2 Å². The number of amidine groups is 1. The summed E-state index contributed by atoms with van der Waals surface area (Å²) in [5.74, 6) is -0.887. The molecule has 1 aliphatic heterocycles. The highest BCUT2D eigenvalue weighted by atomic mass is 35.5. The van der Waals surface area contributed by atoms with Crippen LogP contribution in [0.15, 0.2) is 52.4 Å². The van der Waals surface area contributed by atoms with E-state index in [0.717, 1.165) is 5.69 Å². The number of hydrogen-bond donors (Lipinski definition) is 1. The summed E-state index contributed by atoms with van der Waals surface area (Å²) in [6.45, 7) is -0.529. The molecule has 0 aliphatic carbocycles. The molecule has 3 rings (SSSR count). The molecule has 0 spiro atoms. The van der Waals surface area contributed by atoms with Crippen molar-refractivity contribution in [1.82, 2.24) is 0 Å². The van der Waals surface area contributed by atoms with Gasteiger partial charge in [-0.2, -0.15) is 4.99 Å². The molecule has 29 heavy (non-hydrogen) atoms. The predicted octanol–water partition coefficient (Wildman–Crippen LogP) is 3.92. The largest absolute Gasteiger partial charge is 0.493 e. The number of thioether (sulfide) groups is 1. The van der Waals surface area contributed by atoms with Crippen LogP contribution in [0.2, 0.25) is 5.02 Å². The fourth-order valence-electron chi connectivity index (χ4n) is 2.55. The average Bonchev–Trinajstić information content (AvgIpc) is 3.07. The SMILES string of the molecule is COc1cccc(/C=C2\SC(N(C)c3ccc(Cl)cc3)=NC2=O)c1OCC(=O)O. The Morgan fingerprint density at radius 3 is 2.66 bits per heavy atom. The number of aliphatic imine (C=N–C) groups is 1. The number of ether oxygens (including phenoxy) is 2. The van der Waals surface area contributed by atoms with Gasteiger partial charge in [0.25, 0.3) is 5.91 Å². The zero-order valence-electron chi connectivity index (χ0n) is 15.6. The maximum atomic E-state index is 12.4. The zero-order chi connectivity index (χ0) is 21.0. The fraction of sp³-hybridized carbons (Fsp3) is 0.150. The molecule has 0 fully saturated rings. The van der Waals surface area contributed by atoms with Crippen molar-refractivity contribution < 1.29 is 24.2 Å². The average molecular weight is 433 g/mol. The van der Waals surface area contributed by atoms with Crippen LogP contribution in [0, 0.1) is 0 Å². The Hall–Kier alpha value is -2.97. The standard InChI is InChI=1S/C20H17ClN2O5S/c1-23(14-8-6-13(21)7-9-14)20-22-19(26)16(29-20)10-12-4-3-5-15(27-2)18(12)28-11-17(24)25/h3-10H,11H2,1-2H3,(H,24,25)/b16-10-. The van der Waals surface area contributed by atoms with Crippen LogP contribution >= 0.6 is 23.4 Å². The Morgan fingerprint density at radius 1 is 1.28 bits per heavy atom. The molecule has 1 amide bonds. The normalized spacial score (nSPS) is 14.7. The van der Waals surface area contributed by atoms with Gasteiger partial charge >= 0.3 is 5.97 Å². The van der Waals surface area contributed by atoms with E-state index in [0.29, 0.717) is 26.4 Å². The molecule has 2 aromatic rings. The number of methoxy groups -OCH3 is 1. The topological polar surface area (TPSA) is 88.4 Å². The van der Waals surface area contributed by atoms with Gasteiger partial charge < -0.3 is 19.5 Å². The minimum atomic E-state index is -1.11. The van der Waals surface area contributed by atoms with Crippen LogP contribution in [0.1, 0.15) is 5.56 Å². The molecule has 1 heterocycles. The Morgan fingerprint density at radius 2 is 2.00 bits per heavy atom. The van der Waals surface area contributed by atoms with E-state index in [4.69, 9.17) is 26.2 Å². The maximum Gasteiger partial charge on any atom is 0.341 e. The molecule has 0 unspecified atom stereocenters. The van der Waals surface area contributed by atoms with Gasteiger partial charge in [-0.25, -0.2) is 4.79 Å². The van der Waals surface area contributed by atoms with Crippen molar-refractivity contribution in [1.29, 1.82) is 0 Å². The van der Waals surface area contributed by atoms with Crippen molar-refractivity contribution in [2.45, 2.75) is 0 Å². The van der Waals surface area contributed by atoms with E-state index in [1.807, 2.05) is 12.1 Å². The lowest BCUT2D eigenvalue weighted by atomic mass is 10.1. The van der Waals surface area contributed by atoms with Crippen LogP contribution in [0.25, 0.3) is 6.08 Å². The van der Waals surface area contributed by atoms with Crippen molar-refractivity contribution >= 4 is 52.2 Å². The van der Waals surface area contributed by atoms with Gasteiger partial charge in [-0.3, -0.25) is 4.79 Å². The highest BCUT2D eigenvalue weighted by Gasteiger charge is 2.26. The second-order valence-corrected chi connectivity index (χ2v) is 7.35. The molecule has 0 aromatic heterocycles. The first kappa shape index (κ1) is 20.8. The monoisotopic (exact) mass is 432 g/mol. The highest BCUT2D eigenvalue weighted by molar-refractivity contribution is 8.18. The molecule has 1 aliphatic rings. The van der Waals surface area contributed by atoms with Crippen molar-refractivity contribution in [3.8, 4) is 11.5 Å². The molecule has 0 radical (unpaired) electrons. The van der Waals surface area contributed by atoms with Crippen LogP contribution in [-0.4, -0.2) is 42.9 Å². The van der Waals surface area contributed by atoms with Gasteiger partial charge in [0.15, 0.2) is 23.3 Å². The summed E-state index contributed by atoms with van der Waals surface area (Å²) in [6, 6.07) is 12.3. The Balaban J connectivity index is 1.86. The number of benzene rings is 2. The molecule has 0 bridgehead atoms. The number of carbonyl (C=O) groups excluding carboxylic acids is 1. The van der Waals surface area contributed by atoms with Gasteiger partial charge in [-0.15, -0.1) is 0 Å². The molecule has 2 aromatic carbocycles. The molecule has 9 heteroatoms. The van der Waals surface area contributed by atoms with E-state index in [1.54, 1.807) is 48.4 Å². The van der Waals surface area contributed by atoms with Gasteiger partial charge in [0.1, 0.15) is 0 Å². The summed E-state index contributed by atoms with van der Waals surface area (Å²) in [5.41, 5.74) is 1.36. The summed E-state index contributed by atoms with van der Waals surface area (Å²) in [7, 11) is 3.26. The summed E-state index contributed by atoms with van der Waals surface area (Å²) in [4.78, 5) is 29.6. The number of nitrogens with zero attached hydrogens (tertiary/aromatic N) is 2. The summed E-state index contributed by atoms with van der Waals surface area (Å²) in [5, 5.41) is 10.0. The number of carbonyl (C=O) groups is 2. The molecule has 0 saturated heterocycles. The number of anilines is 1. The molecule has 0 saturated carbocycles. The first-order chi connectivity index (χ1) is 13.9.